The SMILES string of the molecule is COc1ccc(CC2CN(C)CCC2O)cc1OCc1ccc(C)cc1. The van der Waals surface area contributed by atoms with Crippen LogP contribution < -0.4 is 9.47 Å². The van der Waals surface area contributed by atoms with E-state index in [1.807, 2.05) is 12.1 Å². The molecule has 0 amide bonds. The molecule has 3 rings (SSSR count). The Morgan fingerprint density at radius 1 is 1.08 bits per heavy atom. The molecular formula is C22H29NO3. The van der Waals surface area contributed by atoms with Crippen LogP contribution in [-0.2, 0) is 13.0 Å². The van der Waals surface area contributed by atoms with E-state index in [1.54, 1.807) is 7.11 Å². The third-order valence-electron chi connectivity index (χ3n) is 5.14. The molecule has 0 aliphatic carbocycles. The number of ether oxygens (including phenoxy) is 2. The standard InChI is InChI=1S/C22H29NO3/c1-16-4-6-17(7-5-16)15-26-22-13-18(8-9-21(22)25-3)12-19-14-23(2)11-10-20(19)24/h4-9,13,19-20,24H,10-12,14-15H2,1-3H3. The van der Waals surface area contributed by atoms with E-state index in [2.05, 4.69) is 49.2 Å². The molecule has 4 nitrogen and oxygen atoms in total. The van der Waals surface area contributed by atoms with Crippen LogP contribution in [0, 0.1) is 12.8 Å². The lowest BCUT2D eigenvalue weighted by atomic mass is 9.89. The zero-order valence-corrected chi connectivity index (χ0v) is 15.9. The second kappa shape index (κ2) is 8.56. The van der Waals surface area contributed by atoms with Gasteiger partial charge in [0.15, 0.2) is 11.5 Å². The van der Waals surface area contributed by atoms with Crippen LogP contribution in [0.5, 0.6) is 11.5 Å². The summed E-state index contributed by atoms with van der Waals surface area (Å²) in [5.74, 6) is 1.75. The summed E-state index contributed by atoms with van der Waals surface area (Å²) in [6.07, 6.45) is 1.45. The van der Waals surface area contributed by atoms with Gasteiger partial charge in [0.1, 0.15) is 6.61 Å². The molecule has 1 N–H and O–H groups in total. The summed E-state index contributed by atoms with van der Waals surface area (Å²) in [5.41, 5.74) is 3.54. The topological polar surface area (TPSA) is 41.9 Å². The number of piperidine rings is 1. The van der Waals surface area contributed by atoms with E-state index in [9.17, 15) is 5.11 Å². The highest BCUT2D eigenvalue weighted by Crippen LogP contribution is 2.31. The van der Waals surface area contributed by atoms with Crippen molar-refractivity contribution in [2.45, 2.75) is 32.5 Å². The Morgan fingerprint density at radius 3 is 2.54 bits per heavy atom. The van der Waals surface area contributed by atoms with Gasteiger partial charge >= 0.3 is 0 Å². The van der Waals surface area contributed by atoms with Gasteiger partial charge in [0.2, 0.25) is 0 Å². The Labute approximate surface area is 156 Å². The molecule has 0 saturated carbocycles. The molecule has 0 radical (unpaired) electrons. The van der Waals surface area contributed by atoms with Crippen molar-refractivity contribution < 1.29 is 14.6 Å². The van der Waals surface area contributed by atoms with Gasteiger partial charge in [-0.1, -0.05) is 35.9 Å². The second-order valence-electron chi connectivity index (χ2n) is 7.34. The predicted molar refractivity (Wildman–Crippen MR) is 104 cm³/mol. The molecule has 0 spiro atoms. The van der Waals surface area contributed by atoms with Gasteiger partial charge in [0.25, 0.3) is 0 Å². The second-order valence-corrected chi connectivity index (χ2v) is 7.34. The summed E-state index contributed by atoms with van der Waals surface area (Å²) >= 11 is 0. The van der Waals surface area contributed by atoms with Gasteiger partial charge in [-0.3, -0.25) is 0 Å². The summed E-state index contributed by atoms with van der Waals surface area (Å²) in [6, 6.07) is 14.4. The number of hydrogen-bond donors (Lipinski definition) is 1. The molecule has 26 heavy (non-hydrogen) atoms. The maximum absolute atomic E-state index is 10.3. The first-order valence-corrected chi connectivity index (χ1v) is 9.27. The number of aryl methyl sites for hydroxylation is 1. The Balaban J connectivity index is 1.70. The highest BCUT2D eigenvalue weighted by Gasteiger charge is 2.26. The molecule has 1 saturated heterocycles. The molecule has 0 bridgehead atoms. The first kappa shape index (κ1) is 18.7. The minimum Gasteiger partial charge on any atom is -0.493 e. The third-order valence-corrected chi connectivity index (χ3v) is 5.14. The number of methoxy groups -OCH3 is 1. The molecule has 0 aromatic heterocycles. The molecule has 2 unspecified atom stereocenters. The Morgan fingerprint density at radius 2 is 1.81 bits per heavy atom. The number of hydrogen-bond acceptors (Lipinski definition) is 4. The number of benzene rings is 2. The summed E-state index contributed by atoms with van der Waals surface area (Å²) in [7, 11) is 3.77. The molecule has 4 heteroatoms. The van der Waals surface area contributed by atoms with Crippen molar-refractivity contribution in [3.05, 3.63) is 59.2 Å². The molecule has 140 valence electrons. The van der Waals surface area contributed by atoms with E-state index in [4.69, 9.17) is 9.47 Å². The van der Waals surface area contributed by atoms with Crippen LogP contribution in [0.1, 0.15) is 23.1 Å². The fourth-order valence-corrected chi connectivity index (χ4v) is 3.51. The molecule has 1 heterocycles. The van der Waals surface area contributed by atoms with E-state index in [-0.39, 0.29) is 12.0 Å². The van der Waals surface area contributed by atoms with E-state index in [1.165, 1.54) is 11.1 Å². The van der Waals surface area contributed by atoms with Crippen molar-refractivity contribution in [2.24, 2.45) is 5.92 Å². The molecule has 2 aromatic carbocycles. The lowest BCUT2D eigenvalue weighted by Gasteiger charge is -2.34. The zero-order chi connectivity index (χ0) is 18.5. The van der Waals surface area contributed by atoms with Gasteiger partial charge in [0, 0.05) is 19.0 Å². The third kappa shape index (κ3) is 4.77. The number of aliphatic hydroxyl groups excluding tert-OH is 1. The van der Waals surface area contributed by atoms with Gasteiger partial charge in [-0.2, -0.15) is 0 Å². The van der Waals surface area contributed by atoms with Crippen LogP contribution >= 0.6 is 0 Å². The van der Waals surface area contributed by atoms with Crippen LogP contribution in [0.25, 0.3) is 0 Å². The number of nitrogens with zero attached hydrogens (tertiary/aromatic N) is 1. The fraction of sp³-hybridized carbons (Fsp3) is 0.455. The van der Waals surface area contributed by atoms with E-state index < -0.39 is 0 Å². The Bertz CT molecular complexity index is 714. The van der Waals surface area contributed by atoms with E-state index in [0.29, 0.717) is 6.61 Å². The van der Waals surface area contributed by atoms with Crippen molar-refractivity contribution >= 4 is 0 Å². The van der Waals surface area contributed by atoms with Gasteiger partial charge in [-0.25, -0.2) is 0 Å². The van der Waals surface area contributed by atoms with Crippen molar-refractivity contribution in [2.75, 3.05) is 27.2 Å². The molecule has 2 atom stereocenters. The van der Waals surface area contributed by atoms with Gasteiger partial charge < -0.3 is 19.5 Å². The average molecular weight is 355 g/mol. The highest BCUT2D eigenvalue weighted by molar-refractivity contribution is 5.43. The van der Waals surface area contributed by atoms with E-state index in [0.717, 1.165) is 43.0 Å². The van der Waals surface area contributed by atoms with Crippen molar-refractivity contribution in [3.8, 4) is 11.5 Å². The van der Waals surface area contributed by atoms with Crippen molar-refractivity contribution in [1.29, 1.82) is 0 Å². The van der Waals surface area contributed by atoms with Gasteiger partial charge in [-0.15, -0.1) is 0 Å². The summed E-state index contributed by atoms with van der Waals surface area (Å²) in [5, 5.41) is 10.3. The monoisotopic (exact) mass is 355 g/mol. The Hall–Kier alpha value is -2.04. The first-order valence-electron chi connectivity index (χ1n) is 9.27. The van der Waals surface area contributed by atoms with Crippen LogP contribution in [0.4, 0.5) is 0 Å². The largest absolute Gasteiger partial charge is 0.493 e. The number of likely N-dealkylation sites (tertiary alicyclic amines) is 1. The van der Waals surface area contributed by atoms with Crippen LogP contribution in [0.3, 0.4) is 0 Å². The van der Waals surface area contributed by atoms with Gasteiger partial charge in [0.05, 0.1) is 13.2 Å². The summed E-state index contributed by atoms with van der Waals surface area (Å²) < 4.78 is 11.5. The Kier molecular flexibility index (Phi) is 6.17. The predicted octanol–water partition coefficient (Wildman–Crippen LogP) is 3.44. The number of aliphatic hydroxyl groups is 1. The normalized spacial score (nSPS) is 20.8. The van der Waals surface area contributed by atoms with Crippen LogP contribution in [0.2, 0.25) is 0 Å². The molecule has 1 aliphatic heterocycles. The van der Waals surface area contributed by atoms with E-state index >= 15 is 0 Å². The number of rotatable bonds is 6. The molecule has 1 fully saturated rings. The smallest absolute Gasteiger partial charge is 0.161 e. The minimum atomic E-state index is -0.231. The van der Waals surface area contributed by atoms with Crippen molar-refractivity contribution in [1.82, 2.24) is 4.90 Å². The fourth-order valence-electron chi connectivity index (χ4n) is 3.51. The molecule has 1 aliphatic rings. The summed E-state index contributed by atoms with van der Waals surface area (Å²) in [6.45, 7) is 4.47. The van der Waals surface area contributed by atoms with Crippen LogP contribution in [0.15, 0.2) is 42.5 Å². The zero-order valence-electron chi connectivity index (χ0n) is 15.9. The summed E-state index contributed by atoms with van der Waals surface area (Å²) in [4.78, 5) is 2.29. The van der Waals surface area contributed by atoms with Crippen molar-refractivity contribution in [3.63, 3.8) is 0 Å². The minimum absolute atomic E-state index is 0.231. The first-order chi connectivity index (χ1) is 12.5. The van der Waals surface area contributed by atoms with Crippen LogP contribution in [-0.4, -0.2) is 43.4 Å². The maximum Gasteiger partial charge on any atom is 0.161 e. The average Bonchev–Trinajstić information content (AvgIpc) is 2.64. The quantitative estimate of drug-likeness (QED) is 0.862. The maximum atomic E-state index is 10.3. The molecular weight excluding hydrogens is 326 g/mol. The molecule has 2 aromatic rings. The lowest BCUT2D eigenvalue weighted by Crippen LogP contribution is -2.41. The highest BCUT2D eigenvalue weighted by atomic mass is 16.5. The lowest BCUT2D eigenvalue weighted by molar-refractivity contribution is 0.0366. The van der Waals surface area contributed by atoms with Gasteiger partial charge in [-0.05, 0) is 50.1 Å².